The summed E-state index contributed by atoms with van der Waals surface area (Å²) in [6.07, 6.45) is 1.29. The highest BCUT2D eigenvalue weighted by Crippen LogP contribution is 2.15. The first-order valence-electron chi connectivity index (χ1n) is 6.54. The number of benzene rings is 2. The average Bonchev–Trinajstić information content (AvgIpc) is 2.51. The summed E-state index contributed by atoms with van der Waals surface area (Å²) in [5.74, 6) is 0.378. The van der Waals surface area contributed by atoms with Gasteiger partial charge in [-0.05, 0) is 23.8 Å². The number of rotatable bonds is 6. The summed E-state index contributed by atoms with van der Waals surface area (Å²) < 4.78 is 13.3. The van der Waals surface area contributed by atoms with Gasteiger partial charge in [0.1, 0.15) is 5.82 Å². The predicted octanol–water partition coefficient (Wildman–Crippen LogP) is 3.86. The summed E-state index contributed by atoms with van der Waals surface area (Å²) in [7, 11) is 0. The van der Waals surface area contributed by atoms with Gasteiger partial charge >= 0.3 is 0 Å². The van der Waals surface area contributed by atoms with Crippen molar-refractivity contribution in [2.45, 2.75) is 5.75 Å². The maximum atomic E-state index is 13.3. The highest BCUT2D eigenvalue weighted by atomic mass is 35.5. The molecule has 0 spiro atoms. The second kappa shape index (κ2) is 8.56. The maximum absolute atomic E-state index is 13.3. The Kier molecular flexibility index (Phi) is 6.43. The van der Waals surface area contributed by atoms with E-state index in [1.807, 2.05) is 24.3 Å². The van der Waals surface area contributed by atoms with Crippen molar-refractivity contribution >= 4 is 35.5 Å². The van der Waals surface area contributed by atoms with Gasteiger partial charge in [0.2, 0.25) is 5.91 Å². The van der Waals surface area contributed by atoms with E-state index in [1.165, 1.54) is 24.0 Å². The van der Waals surface area contributed by atoms with Gasteiger partial charge in [-0.25, -0.2) is 9.82 Å². The number of carbonyl (C=O) groups excluding carboxylic acids is 1. The molecule has 114 valence electrons. The van der Waals surface area contributed by atoms with Crippen molar-refractivity contribution in [1.82, 2.24) is 5.43 Å². The molecule has 0 aromatic heterocycles. The van der Waals surface area contributed by atoms with E-state index in [0.717, 1.165) is 5.56 Å². The van der Waals surface area contributed by atoms with Gasteiger partial charge in [0.15, 0.2) is 0 Å². The van der Waals surface area contributed by atoms with E-state index >= 15 is 0 Å². The third-order valence-electron chi connectivity index (χ3n) is 2.71. The van der Waals surface area contributed by atoms with Crippen molar-refractivity contribution in [1.29, 1.82) is 0 Å². The van der Waals surface area contributed by atoms with Crippen LogP contribution in [0.4, 0.5) is 4.39 Å². The highest BCUT2D eigenvalue weighted by molar-refractivity contribution is 7.99. The van der Waals surface area contributed by atoms with Crippen molar-refractivity contribution in [3.8, 4) is 0 Å². The lowest BCUT2D eigenvalue weighted by molar-refractivity contribution is -0.118. The van der Waals surface area contributed by atoms with Gasteiger partial charge in [0, 0.05) is 16.3 Å². The molecule has 0 aliphatic heterocycles. The first-order valence-corrected chi connectivity index (χ1v) is 8.07. The normalized spacial score (nSPS) is 10.8. The summed E-state index contributed by atoms with van der Waals surface area (Å²) in [4.78, 5) is 11.6. The van der Waals surface area contributed by atoms with Crippen LogP contribution in [0.1, 0.15) is 11.1 Å². The highest BCUT2D eigenvalue weighted by Gasteiger charge is 2.01. The van der Waals surface area contributed by atoms with Crippen LogP contribution in [0.2, 0.25) is 5.02 Å². The number of hydrazone groups is 1. The third-order valence-corrected chi connectivity index (χ3v) is 3.97. The van der Waals surface area contributed by atoms with Crippen molar-refractivity contribution < 1.29 is 9.18 Å². The Labute approximate surface area is 137 Å². The minimum absolute atomic E-state index is 0.230. The molecule has 0 atom stereocenters. The first kappa shape index (κ1) is 16.5. The molecule has 3 nitrogen and oxygen atoms in total. The molecule has 0 bridgehead atoms. The molecule has 0 heterocycles. The quantitative estimate of drug-likeness (QED) is 0.643. The minimum atomic E-state index is -0.377. The second-order valence-corrected chi connectivity index (χ2v) is 5.86. The van der Waals surface area contributed by atoms with E-state index < -0.39 is 0 Å². The second-order valence-electron chi connectivity index (χ2n) is 4.43. The molecular weight excluding hydrogens is 323 g/mol. The summed E-state index contributed by atoms with van der Waals surface area (Å²) in [6.45, 7) is 0. The molecular formula is C16H14ClFN2OS. The zero-order valence-corrected chi connectivity index (χ0v) is 13.2. The van der Waals surface area contributed by atoms with Crippen molar-refractivity contribution in [3.05, 3.63) is 70.5 Å². The number of nitrogens with one attached hydrogen (secondary N) is 1. The minimum Gasteiger partial charge on any atom is -0.272 e. The molecule has 0 saturated carbocycles. The number of nitrogens with zero attached hydrogens (tertiary/aromatic N) is 1. The fourth-order valence-corrected chi connectivity index (χ4v) is 2.53. The van der Waals surface area contributed by atoms with Crippen molar-refractivity contribution in [3.63, 3.8) is 0 Å². The van der Waals surface area contributed by atoms with E-state index in [2.05, 4.69) is 10.5 Å². The van der Waals surface area contributed by atoms with Gasteiger partial charge in [-0.3, -0.25) is 4.79 Å². The maximum Gasteiger partial charge on any atom is 0.250 e. The molecule has 0 saturated heterocycles. The van der Waals surface area contributed by atoms with Crippen LogP contribution in [0.25, 0.3) is 0 Å². The van der Waals surface area contributed by atoms with Crippen LogP contribution in [0.5, 0.6) is 0 Å². The van der Waals surface area contributed by atoms with Crippen molar-refractivity contribution in [2.24, 2.45) is 5.10 Å². The van der Waals surface area contributed by atoms with E-state index in [0.29, 0.717) is 16.3 Å². The van der Waals surface area contributed by atoms with Gasteiger partial charge in [0.05, 0.1) is 12.0 Å². The monoisotopic (exact) mass is 336 g/mol. The van der Waals surface area contributed by atoms with Gasteiger partial charge in [-0.1, -0.05) is 41.9 Å². The van der Waals surface area contributed by atoms with E-state index in [9.17, 15) is 9.18 Å². The molecule has 0 radical (unpaired) electrons. The molecule has 6 heteroatoms. The zero-order chi connectivity index (χ0) is 15.8. The number of hydrogen-bond donors (Lipinski definition) is 1. The number of hydrogen-bond acceptors (Lipinski definition) is 3. The van der Waals surface area contributed by atoms with Gasteiger partial charge in [-0.2, -0.15) is 5.10 Å². The topological polar surface area (TPSA) is 41.5 Å². The Morgan fingerprint density at radius 3 is 2.68 bits per heavy atom. The lowest BCUT2D eigenvalue weighted by Gasteiger charge is -2.02. The van der Waals surface area contributed by atoms with E-state index in [-0.39, 0.29) is 17.5 Å². The lowest BCUT2D eigenvalue weighted by Crippen LogP contribution is -2.19. The Balaban J connectivity index is 1.72. The summed E-state index contributed by atoms with van der Waals surface area (Å²) in [5.41, 5.74) is 3.80. The SMILES string of the molecule is O=C(CSCc1ccc(Cl)cc1)NN=Cc1ccccc1F. The Morgan fingerprint density at radius 1 is 1.23 bits per heavy atom. The molecule has 1 N–H and O–H groups in total. The van der Waals surface area contributed by atoms with Gasteiger partial charge < -0.3 is 0 Å². The van der Waals surface area contributed by atoms with Crippen LogP contribution < -0.4 is 5.43 Å². The molecule has 0 aliphatic rings. The predicted molar refractivity (Wildman–Crippen MR) is 89.8 cm³/mol. The number of carbonyl (C=O) groups is 1. The molecule has 0 fully saturated rings. The summed E-state index contributed by atoms with van der Waals surface area (Å²) in [6, 6.07) is 13.7. The summed E-state index contributed by atoms with van der Waals surface area (Å²) in [5, 5.41) is 4.43. The molecule has 2 aromatic rings. The van der Waals surface area contributed by atoms with Gasteiger partial charge in [-0.15, -0.1) is 11.8 Å². The summed E-state index contributed by atoms with van der Waals surface area (Å²) >= 11 is 7.27. The van der Waals surface area contributed by atoms with Crippen molar-refractivity contribution in [2.75, 3.05) is 5.75 Å². The smallest absolute Gasteiger partial charge is 0.250 e. The largest absolute Gasteiger partial charge is 0.272 e. The molecule has 0 unspecified atom stereocenters. The average molecular weight is 337 g/mol. The van der Waals surface area contributed by atoms with E-state index in [1.54, 1.807) is 18.2 Å². The molecule has 0 aliphatic carbocycles. The van der Waals surface area contributed by atoms with Crippen LogP contribution >= 0.6 is 23.4 Å². The number of halogens is 2. The molecule has 22 heavy (non-hydrogen) atoms. The number of thioether (sulfide) groups is 1. The van der Waals surface area contributed by atoms with Crippen LogP contribution in [0, 0.1) is 5.82 Å². The molecule has 2 aromatic carbocycles. The van der Waals surface area contributed by atoms with Gasteiger partial charge in [0.25, 0.3) is 0 Å². The lowest BCUT2D eigenvalue weighted by atomic mass is 10.2. The van der Waals surface area contributed by atoms with Crippen LogP contribution in [0.3, 0.4) is 0 Å². The van der Waals surface area contributed by atoms with Crippen LogP contribution in [-0.4, -0.2) is 17.9 Å². The molecule has 2 rings (SSSR count). The first-order chi connectivity index (χ1) is 10.6. The third kappa shape index (κ3) is 5.50. The Bertz CT molecular complexity index is 661. The van der Waals surface area contributed by atoms with Crippen LogP contribution in [0.15, 0.2) is 53.6 Å². The Hall–Kier alpha value is -1.85. The van der Waals surface area contributed by atoms with E-state index in [4.69, 9.17) is 11.6 Å². The number of amides is 1. The van der Waals surface area contributed by atoms with Crippen LogP contribution in [-0.2, 0) is 10.5 Å². The fourth-order valence-electron chi connectivity index (χ4n) is 1.63. The Morgan fingerprint density at radius 2 is 1.95 bits per heavy atom. The molecule has 1 amide bonds. The fraction of sp³-hybridized carbons (Fsp3) is 0.125. The zero-order valence-electron chi connectivity index (χ0n) is 11.6. The standard InChI is InChI=1S/C16H14ClFN2OS/c17-14-7-5-12(6-8-14)10-22-11-16(21)20-19-9-13-3-1-2-4-15(13)18/h1-9H,10-11H2,(H,20,21).